The Morgan fingerprint density at radius 2 is 1.86 bits per heavy atom. The summed E-state index contributed by atoms with van der Waals surface area (Å²) < 4.78 is 30.8. The Kier molecular flexibility index (Phi) is 5.73. The highest BCUT2D eigenvalue weighted by Gasteiger charge is 2.36. The van der Waals surface area contributed by atoms with Crippen molar-refractivity contribution in [2.45, 2.75) is 32.1 Å². The van der Waals surface area contributed by atoms with Gasteiger partial charge in [-0.3, -0.25) is 0 Å². The number of benzene rings is 1. The second-order valence-electron chi connectivity index (χ2n) is 5.73. The smallest absolute Gasteiger partial charge is 0.209 e. The third-order valence-electron chi connectivity index (χ3n) is 3.85. The number of halogens is 2. The van der Waals surface area contributed by atoms with Crippen LogP contribution < -0.4 is 9.88 Å². The van der Waals surface area contributed by atoms with E-state index in [4.69, 9.17) is 9.88 Å². The molecule has 1 aromatic rings. The second kappa shape index (κ2) is 6.98. The lowest BCUT2D eigenvalue weighted by Gasteiger charge is -2.36. The Hall–Kier alpha value is -0.110. The normalized spacial score (nSPS) is 18.4. The Morgan fingerprint density at radius 1 is 1.19 bits per heavy atom. The van der Waals surface area contributed by atoms with Crippen LogP contribution in [0.2, 0.25) is 0 Å². The third kappa shape index (κ3) is 5.23. The molecule has 1 saturated carbocycles. The van der Waals surface area contributed by atoms with Gasteiger partial charge in [0.05, 0.1) is 16.8 Å². The molecule has 0 unspecified atom stereocenters. The highest BCUT2D eigenvalue weighted by Crippen LogP contribution is 2.38. The summed E-state index contributed by atoms with van der Waals surface area (Å²) >= 11 is 6.85. The molecule has 0 aromatic heterocycles. The van der Waals surface area contributed by atoms with Crippen LogP contribution in [0.25, 0.3) is 0 Å². The minimum atomic E-state index is -3.50. The van der Waals surface area contributed by atoms with Crippen LogP contribution in [0, 0.1) is 5.41 Å². The minimum absolute atomic E-state index is 0.00581. The molecule has 1 fully saturated rings. The van der Waals surface area contributed by atoms with Crippen molar-refractivity contribution >= 4 is 41.9 Å². The predicted molar refractivity (Wildman–Crippen MR) is 90.8 cm³/mol. The monoisotopic (exact) mass is 439 g/mol. The van der Waals surface area contributed by atoms with Crippen molar-refractivity contribution < 1.29 is 13.2 Å². The Morgan fingerprint density at radius 3 is 2.43 bits per heavy atom. The fourth-order valence-electron chi connectivity index (χ4n) is 2.88. The molecule has 2 rings (SSSR count). The fraction of sp³-hybridized carbons (Fsp3) is 0.571. The van der Waals surface area contributed by atoms with E-state index in [2.05, 4.69) is 31.9 Å². The molecule has 2 N–H and O–H groups in total. The van der Waals surface area contributed by atoms with Crippen molar-refractivity contribution in [3.05, 3.63) is 27.1 Å². The van der Waals surface area contributed by atoms with Crippen LogP contribution in [-0.4, -0.2) is 20.8 Å². The van der Waals surface area contributed by atoms with Gasteiger partial charge in [0.25, 0.3) is 0 Å². The Bertz CT molecular complexity index is 598. The summed E-state index contributed by atoms with van der Waals surface area (Å²) in [6.45, 7) is 0.379. The highest BCUT2D eigenvalue weighted by atomic mass is 79.9. The van der Waals surface area contributed by atoms with E-state index >= 15 is 0 Å². The SMILES string of the molecule is NS(=O)(=O)CC1(COc2ccc(Br)cc2Br)CCCCC1. The standard InChI is InChI=1S/C14H19Br2NO3S/c15-11-4-5-13(12(16)8-11)20-9-14(10-21(17,18)19)6-2-1-3-7-14/h4-5,8H,1-3,6-7,9-10H2,(H2,17,18,19). The first kappa shape index (κ1) is 17.2. The Labute approximate surface area is 142 Å². The molecule has 1 aliphatic carbocycles. The van der Waals surface area contributed by atoms with Gasteiger partial charge in [-0.2, -0.15) is 0 Å². The van der Waals surface area contributed by atoms with Crippen LogP contribution in [0.5, 0.6) is 5.75 Å². The number of primary sulfonamides is 1. The van der Waals surface area contributed by atoms with Gasteiger partial charge in [0.15, 0.2) is 0 Å². The van der Waals surface area contributed by atoms with E-state index in [1.165, 1.54) is 0 Å². The summed E-state index contributed by atoms with van der Waals surface area (Å²) in [4.78, 5) is 0. The van der Waals surface area contributed by atoms with Crippen LogP contribution in [0.3, 0.4) is 0 Å². The van der Waals surface area contributed by atoms with Crippen molar-refractivity contribution in [3.63, 3.8) is 0 Å². The van der Waals surface area contributed by atoms with Gasteiger partial charge in [-0.05, 0) is 47.0 Å². The van der Waals surface area contributed by atoms with Crippen LogP contribution in [0.1, 0.15) is 32.1 Å². The van der Waals surface area contributed by atoms with Crippen molar-refractivity contribution in [2.75, 3.05) is 12.4 Å². The number of ether oxygens (including phenoxy) is 1. The molecule has 0 aliphatic heterocycles. The van der Waals surface area contributed by atoms with E-state index in [1.54, 1.807) is 0 Å². The maximum atomic E-state index is 11.5. The zero-order valence-electron chi connectivity index (χ0n) is 11.6. The maximum absolute atomic E-state index is 11.5. The van der Waals surface area contributed by atoms with Gasteiger partial charge < -0.3 is 4.74 Å². The topological polar surface area (TPSA) is 69.4 Å². The maximum Gasteiger partial charge on any atom is 0.209 e. The van der Waals surface area contributed by atoms with Crippen LogP contribution in [0.15, 0.2) is 27.1 Å². The van der Waals surface area contributed by atoms with E-state index in [0.717, 1.165) is 46.8 Å². The molecular weight excluding hydrogens is 422 g/mol. The summed E-state index contributed by atoms with van der Waals surface area (Å²) in [5.41, 5.74) is -0.363. The van der Waals surface area contributed by atoms with Gasteiger partial charge in [0.1, 0.15) is 5.75 Å². The minimum Gasteiger partial charge on any atom is -0.492 e. The van der Waals surface area contributed by atoms with Crippen molar-refractivity contribution in [1.82, 2.24) is 0 Å². The van der Waals surface area contributed by atoms with E-state index in [0.29, 0.717) is 6.61 Å². The van der Waals surface area contributed by atoms with E-state index in [1.807, 2.05) is 18.2 Å². The largest absolute Gasteiger partial charge is 0.492 e. The number of nitrogens with two attached hydrogens (primary N) is 1. The average molecular weight is 441 g/mol. The molecule has 0 spiro atoms. The van der Waals surface area contributed by atoms with E-state index in [9.17, 15) is 8.42 Å². The molecular formula is C14H19Br2NO3S. The summed E-state index contributed by atoms with van der Waals surface area (Å²) in [6.07, 6.45) is 4.89. The summed E-state index contributed by atoms with van der Waals surface area (Å²) in [6, 6.07) is 5.66. The lowest BCUT2D eigenvalue weighted by atomic mass is 9.76. The molecule has 1 aromatic carbocycles. The van der Waals surface area contributed by atoms with E-state index in [-0.39, 0.29) is 11.2 Å². The summed E-state index contributed by atoms with van der Waals surface area (Å²) in [7, 11) is -3.50. The third-order valence-corrected chi connectivity index (χ3v) is 5.98. The summed E-state index contributed by atoms with van der Waals surface area (Å²) in [5, 5.41) is 5.27. The quantitative estimate of drug-likeness (QED) is 0.756. The first-order valence-electron chi connectivity index (χ1n) is 6.88. The molecule has 0 saturated heterocycles. The first-order chi connectivity index (χ1) is 9.80. The average Bonchev–Trinajstić information content (AvgIpc) is 2.37. The van der Waals surface area contributed by atoms with Crippen molar-refractivity contribution in [1.29, 1.82) is 0 Å². The molecule has 0 bridgehead atoms. The molecule has 0 heterocycles. The number of sulfonamides is 1. The zero-order valence-corrected chi connectivity index (χ0v) is 15.6. The lowest BCUT2D eigenvalue weighted by Crippen LogP contribution is -2.40. The second-order valence-corrected chi connectivity index (χ2v) is 9.12. The van der Waals surface area contributed by atoms with Gasteiger partial charge in [-0.25, -0.2) is 13.6 Å². The molecule has 1 aliphatic rings. The van der Waals surface area contributed by atoms with Gasteiger partial charge in [0, 0.05) is 9.89 Å². The molecule has 118 valence electrons. The van der Waals surface area contributed by atoms with Crippen LogP contribution in [0.4, 0.5) is 0 Å². The molecule has 4 nitrogen and oxygen atoms in total. The van der Waals surface area contributed by atoms with Gasteiger partial charge in [-0.15, -0.1) is 0 Å². The van der Waals surface area contributed by atoms with Crippen LogP contribution in [-0.2, 0) is 10.0 Å². The number of rotatable bonds is 5. The molecule has 0 amide bonds. The Balaban J connectivity index is 2.12. The molecule has 0 atom stereocenters. The number of hydrogen-bond acceptors (Lipinski definition) is 3. The predicted octanol–water partition coefficient (Wildman–Crippen LogP) is 3.83. The van der Waals surface area contributed by atoms with Crippen molar-refractivity contribution in [2.24, 2.45) is 10.6 Å². The van der Waals surface area contributed by atoms with Gasteiger partial charge in [-0.1, -0.05) is 35.2 Å². The zero-order chi connectivity index (χ0) is 15.5. The van der Waals surface area contributed by atoms with Crippen LogP contribution >= 0.6 is 31.9 Å². The number of hydrogen-bond donors (Lipinski definition) is 1. The van der Waals surface area contributed by atoms with Gasteiger partial charge in [0.2, 0.25) is 10.0 Å². The first-order valence-corrected chi connectivity index (χ1v) is 10.2. The van der Waals surface area contributed by atoms with Gasteiger partial charge >= 0.3 is 0 Å². The summed E-state index contributed by atoms with van der Waals surface area (Å²) in [5.74, 6) is 0.714. The molecule has 7 heteroatoms. The lowest BCUT2D eigenvalue weighted by molar-refractivity contribution is 0.118. The highest BCUT2D eigenvalue weighted by molar-refractivity contribution is 9.11. The van der Waals surface area contributed by atoms with Crippen molar-refractivity contribution in [3.8, 4) is 5.75 Å². The molecule has 0 radical (unpaired) electrons. The van der Waals surface area contributed by atoms with E-state index < -0.39 is 10.0 Å². The fourth-order valence-corrected chi connectivity index (χ4v) is 5.27. The molecule has 21 heavy (non-hydrogen) atoms.